The van der Waals surface area contributed by atoms with Crippen molar-refractivity contribution in [3.05, 3.63) is 40.5 Å². The van der Waals surface area contributed by atoms with Gasteiger partial charge >= 0.3 is 0 Å². The maximum Gasteiger partial charge on any atom is 0.235 e. The van der Waals surface area contributed by atoms with E-state index in [-0.39, 0.29) is 24.1 Å². The topological polar surface area (TPSA) is 73.3 Å². The number of rotatable bonds is 4. The zero-order valence-corrected chi connectivity index (χ0v) is 16.8. The van der Waals surface area contributed by atoms with Crippen molar-refractivity contribution in [3.63, 3.8) is 0 Å². The Hall–Kier alpha value is -2.16. The van der Waals surface area contributed by atoms with Crippen LogP contribution in [0.4, 0.5) is 0 Å². The van der Waals surface area contributed by atoms with Crippen LogP contribution in [0.2, 0.25) is 0 Å². The van der Waals surface area contributed by atoms with Crippen LogP contribution >= 0.6 is 11.3 Å². The number of quaternary nitrogens is 1. The van der Waals surface area contributed by atoms with Gasteiger partial charge in [-0.05, 0) is 45.0 Å². The summed E-state index contributed by atoms with van der Waals surface area (Å²) in [4.78, 5) is 7.39. The molecular weight excluding hydrogens is 364 g/mol. The molecule has 3 heterocycles. The number of ether oxygens (including phenoxy) is 2. The molecule has 1 aliphatic heterocycles. The number of morpholine rings is 1. The first-order valence-corrected chi connectivity index (χ1v) is 9.97. The largest absolute Gasteiger partial charge is 0.497 e. The fourth-order valence-corrected chi connectivity index (χ4v) is 5.14. The molecule has 3 aromatic rings. The second-order valence-corrected chi connectivity index (χ2v) is 8.18. The highest BCUT2D eigenvalue weighted by Crippen LogP contribution is 2.35. The van der Waals surface area contributed by atoms with Crippen LogP contribution in [0.25, 0.3) is 4.96 Å². The third kappa shape index (κ3) is 3.40. The summed E-state index contributed by atoms with van der Waals surface area (Å²) < 4.78 is 12.8. The minimum atomic E-state index is -0.0153. The van der Waals surface area contributed by atoms with E-state index in [2.05, 4.69) is 36.1 Å². The van der Waals surface area contributed by atoms with Gasteiger partial charge in [-0.3, -0.25) is 0 Å². The van der Waals surface area contributed by atoms with Crippen molar-refractivity contribution in [2.75, 3.05) is 20.2 Å². The van der Waals surface area contributed by atoms with Crippen LogP contribution in [0.3, 0.4) is 0 Å². The predicted molar refractivity (Wildman–Crippen MR) is 103 cm³/mol. The first-order valence-electron chi connectivity index (χ1n) is 9.15. The lowest BCUT2D eigenvalue weighted by Gasteiger charge is -2.37. The second kappa shape index (κ2) is 7.10. The van der Waals surface area contributed by atoms with E-state index in [9.17, 15) is 5.11 Å². The van der Waals surface area contributed by atoms with Gasteiger partial charge in [0.15, 0.2) is 6.04 Å². The number of hydrogen-bond acceptors (Lipinski definition) is 6. The Morgan fingerprint density at radius 2 is 1.93 bits per heavy atom. The zero-order chi connectivity index (χ0) is 19.1. The molecule has 1 unspecified atom stereocenters. The first kappa shape index (κ1) is 18.2. The Bertz CT molecular complexity index is 926. The van der Waals surface area contributed by atoms with Gasteiger partial charge in [-0.1, -0.05) is 11.3 Å². The number of thiazole rings is 1. The number of hydrogen-bond donors (Lipinski definition) is 2. The van der Waals surface area contributed by atoms with E-state index < -0.39 is 0 Å². The normalized spacial score (nSPS) is 24.2. The Kier molecular flexibility index (Phi) is 4.79. The van der Waals surface area contributed by atoms with Crippen molar-refractivity contribution in [2.24, 2.45) is 0 Å². The average Bonchev–Trinajstić information content (AvgIpc) is 3.13. The van der Waals surface area contributed by atoms with E-state index >= 15 is 0 Å². The minimum Gasteiger partial charge on any atom is -0.497 e. The Morgan fingerprint density at radius 1 is 1.26 bits per heavy atom. The van der Waals surface area contributed by atoms with Crippen LogP contribution in [0.1, 0.15) is 36.2 Å². The summed E-state index contributed by atoms with van der Waals surface area (Å²) in [5.74, 6) is 1.65. The molecule has 1 aromatic carbocycles. The Labute approximate surface area is 162 Å². The van der Waals surface area contributed by atoms with Gasteiger partial charge in [0.05, 0.1) is 7.11 Å². The quantitative estimate of drug-likeness (QED) is 0.709. The molecule has 0 radical (unpaired) electrons. The number of nitrogens with one attached hydrogen (secondary N) is 1. The van der Waals surface area contributed by atoms with E-state index in [1.165, 1.54) is 16.2 Å². The summed E-state index contributed by atoms with van der Waals surface area (Å²) >= 11 is 1.50. The van der Waals surface area contributed by atoms with Crippen molar-refractivity contribution in [3.8, 4) is 11.6 Å². The third-order valence-electron chi connectivity index (χ3n) is 4.99. The van der Waals surface area contributed by atoms with Gasteiger partial charge in [-0.25, -0.2) is 4.98 Å². The number of aromatic hydroxyl groups is 1. The summed E-state index contributed by atoms with van der Waals surface area (Å²) in [6.45, 7) is 7.77. The summed E-state index contributed by atoms with van der Waals surface area (Å²) in [7, 11) is 1.66. The molecule has 2 aromatic heterocycles. The SMILES string of the molecule is COc1ccc([C@H](c2sc3nc(C)nn3c2O)[NH+]2C[C@@H](C)O[C@@H](C)C2)cc1. The summed E-state index contributed by atoms with van der Waals surface area (Å²) in [5, 5.41) is 15.2. The minimum absolute atomic E-state index is 0.0153. The van der Waals surface area contributed by atoms with Crippen LogP contribution in [0, 0.1) is 6.92 Å². The van der Waals surface area contributed by atoms with Gasteiger partial charge in [0.25, 0.3) is 0 Å². The lowest BCUT2D eigenvalue weighted by molar-refractivity contribution is -0.939. The van der Waals surface area contributed by atoms with Crippen molar-refractivity contribution in [1.82, 2.24) is 14.6 Å². The van der Waals surface area contributed by atoms with Crippen LogP contribution in [0.15, 0.2) is 24.3 Å². The van der Waals surface area contributed by atoms with E-state index in [0.717, 1.165) is 29.3 Å². The van der Waals surface area contributed by atoms with Crippen LogP contribution in [0.5, 0.6) is 11.6 Å². The van der Waals surface area contributed by atoms with Gasteiger partial charge in [-0.2, -0.15) is 4.52 Å². The molecule has 0 spiro atoms. The molecule has 0 saturated carbocycles. The number of nitrogens with zero attached hydrogens (tertiary/aromatic N) is 3. The van der Waals surface area contributed by atoms with Crippen LogP contribution in [-0.2, 0) is 4.74 Å². The molecule has 7 nitrogen and oxygen atoms in total. The predicted octanol–water partition coefficient (Wildman–Crippen LogP) is 1.59. The van der Waals surface area contributed by atoms with Crippen molar-refractivity contribution in [1.29, 1.82) is 0 Å². The highest BCUT2D eigenvalue weighted by Gasteiger charge is 2.37. The van der Waals surface area contributed by atoms with E-state index in [1.807, 2.05) is 19.1 Å². The molecule has 27 heavy (non-hydrogen) atoms. The number of methoxy groups -OCH3 is 1. The Morgan fingerprint density at radius 3 is 2.52 bits per heavy atom. The smallest absolute Gasteiger partial charge is 0.235 e. The zero-order valence-electron chi connectivity index (χ0n) is 16.0. The van der Waals surface area contributed by atoms with Crippen molar-refractivity contribution < 1.29 is 19.5 Å². The number of aromatic nitrogens is 3. The van der Waals surface area contributed by atoms with Crippen LogP contribution in [-0.4, -0.2) is 52.1 Å². The van der Waals surface area contributed by atoms with Gasteiger partial charge in [0.1, 0.15) is 41.7 Å². The monoisotopic (exact) mass is 389 g/mol. The molecule has 0 aliphatic carbocycles. The second-order valence-electron chi connectivity index (χ2n) is 7.17. The van der Waals surface area contributed by atoms with Gasteiger partial charge < -0.3 is 19.5 Å². The van der Waals surface area contributed by atoms with E-state index in [1.54, 1.807) is 11.6 Å². The molecule has 4 rings (SSSR count). The molecule has 1 fully saturated rings. The summed E-state index contributed by atoms with van der Waals surface area (Å²) in [6, 6.07) is 8.06. The molecule has 1 aliphatic rings. The third-order valence-corrected chi connectivity index (χ3v) is 6.07. The molecule has 0 bridgehead atoms. The molecule has 8 heteroatoms. The first-order chi connectivity index (χ1) is 13.0. The number of fused-ring (bicyclic) bond motifs is 1. The lowest BCUT2D eigenvalue weighted by Crippen LogP contribution is -3.15. The van der Waals surface area contributed by atoms with Crippen molar-refractivity contribution in [2.45, 2.75) is 39.0 Å². The highest BCUT2D eigenvalue weighted by atomic mass is 32.1. The Balaban J connectivity index is 1.80. The van der Waals surface area contributed by atoms with E-state index in [0.29, 0.717) is 10.8 Å². The van der Waals surface area contributed by atoms with Gasteiger partial charge in [0.2, 0.25) is 10.8 Å². The van der Waals surface area contributed by atoms with Gasteiger partial charge in [0, 0.05) is 5.56 Å². The van der Waals surface area contributed by atoms with Crippen LogP contribution < -0.4 is 9.64 Å². The highest BCUT2D eigenvalue weighted by molar-refractivity contribution is 7.17. The maximum atomic E-state index is 10.9. The average molecular weight is 390 g/mol. The van der Waals surface area contributed by atoms with Gasteiger partial charge in [-0.15, -0.1) is 5.10 Å². The molecule has 144 valence electrons. The molecule has 2 N–H and O–H groups in total. The van der Waals surface area contributed by atoms with E-state index in [4.69, 9.17) is 9.47 Å². The number of benzene rings is 1. The summed E-state index contributed by atoms with van der Waals surface area (Å²) in [6.07, 6.45) is 0.326. The molecule has 4 atom stereocenters. The molecule has 0 amide bonds. The molecule has 1 saturated heterocycles. The fourth-order valence-electron chi connectivity index (χ4n) is 3.96. The summed E-state index contributed by atoms with van der Waals surface area (Å²) in [5.41, 5.74) is 1.13. The standard InChI is InChI=1S/C19H24N4O3S/c1-11-9-22(10-12(2)26-11)16(14-5-7-15(25-4)8-6-14)17-18(24)23-19(27-17)20-13(3)21-23/h5-8,11-12,16,24H,9-10H2,1-4H3/p+1/t11-,12+,16-/m1/s1. The number of aryl methyl sites for hydroxylation is 1. The lowest BCUT2D eigenvalue weighted by atomic mass is 10.0. The van der Waals surface area contributed by atoms with Crippen molar-refractivity contribution >= 4 is 16.3 Å². The maximum absolute atomic E-state index is 10.9. The molecular formula is C19H25N4O3S+. The fraction of sp³-hybridized carbons (Fsp3) is 0.474.